The molecular formula is C32H41N9O2. The lowest BCUT2D eigenvalue weighted by Gasteiger charge is -2.53. The fraction of sp³-hybridized carbons (Fsp3) is 0.500. The molecular weight excluding hydrogens is 542 g/mol. The van der Waals surface area contributed by atoms with Gasteiger partial charge in [0.05, 0.1) is 13.2 Å². The third-order valence-corrected chi connectivity index (χ3v) is 9.61. The average molecular weight is 584 g/mol. The number of pyridine rings is 1. The number of ether oxygens (including phenoxy) is 1. The minimum absolute atomic E-state index is 0.102. The summed E-state index contributed by atoms with van der Waals surface area (Å²) in [6.07, 6.45) is 7.85. The van der Waals surface area contributed by atoms with Crippen LogP contribution in [0.3, 0.4) is 0 Å². The predicted octanol–water partition coefficient (Wildman–Crippen LogP) is 3.19. The molecule has 0 atom stereocenters. The van der Waals surface area contributed by atoms with Crippen LogP contribution in [-0.2, 0) is 4.74 Å². The Morgan fingerprint density at radius 2 is 1.63 bits per heavy atom. The highest BCUT2D eigenvalue weighted by atomic mass is 16.5. The van der Waals surface area contributed by atoms with Crippen LogP contribution < -0.4 is 21.3 Å². The smallest absolute Gasteiger partial charge is 0.271 e. The first-order chi connectivity index (χ1) is 20.9. The highest BCUT2D eigenvalue weighted by Gasteiger charge is 2.50. The van der Waals surface area contributed by atoms with Gasteiger partial charge in [-0.05, 0) is 69.1 Å². The summed E-state index contributed by atoms with van der Waals surface area (Å²) in [5.74, 6) is 0.333. The molecule has 7 rings (SSSR count). The van der Waals surface area contributed by atoms with E-state index in [-0.39, 0.29) is 11.7 Å². The van der Waals surface area contributed by atoms with Gasteiger partial charge in [-0.2, -0.15) is 0 Å². The Balaban J connectivity index is 1.07. The quantitative estimate of drug-likeness (QED) is 0.364. The lowest BCUT2D eigenvalue weighted by molar-refractivity contribution is -0.159. The zero-order valence-electron chi connectivity index (χ0n) is 24.8. The van der Waals surface area contributed by atoms with E-state index in [1.165, 1.54) is 31.6 Å². The molecule has 226 valence electrons. The van der Waals surface area contributed by atoms with Gasteiger partial charge in [-0.25, -0.2) is 9.97 Å². The summed E-state index contributed by atoms with van der Waals surface area (Å²) in [7, 11) is 2.21. The Kier molecular flexibility index (Phi) is 7.62. The van der Waals surface area contributed by atoms with E-state index in [0.29, 0.717) is 28.8 Å². The fourth-order valence-electron chi connectivity index (χ4n) is 6.98. The molecule has 0 unspecified atom stereocenters. The molecule has 2 aromatic heterocycles. The Morgan fingerprint density at radius 3 is 2.26 bits per heavy atom. The van der Waals surface area contributed by atoms with Crippen molar-refractivity contribution in [3.05, 3.63) is 54.5 Å². The second-order valence-electron chi connectivity index (χ2n) is 12.7. The molecule has 4 N–H and O–H groups in total. The topological polar surface area (TPSA) is 125 Å². The van der Waals surface area contributed by atoms with Crippen LogP contribution in [0.4, 0.5) is 23.0 Å². The molecule has 5 heterocycles. The number of nitrogens with zero attached hydrogens (tertiary/aromatic N) is 6. The van der Waals surface area contributed by atoms with E-state index in [1.807, 2.05) is 24.3 Å². The zero-order chi connectivity index (χ0) is 29.4. The van der Waals surface area contributed by atoms with E-state index in [0.717, 1.165) is 63.5 Å². The molecule has 1 amide bonds. The van der Waals surface area contributed by atoms with Gasteiger partial charge in [0.15, 0.2) is 17.3 Å². The van der Waals surface area contributed by atoms with Crippen LogP contribution in [0.15, 0.2) is 48.8 Å². The van der Waals surface area contributed by atoms with Crippen molar-refractivity contribution in [3.8, 4) is 11.3 Å². The van der Waals surface area contributed by atoms with Gasteiger partial charge < -0.3 is 30.9 Å². The van der Waals surface area contributed by atoms with Crippen molar-refractivity contribution < 1.29 is 9.53 Å². The number of primary amides is 1. The summed E-state index contributed by atoms with van der Waals surface area (Å²) >= 11 is 0. The molecule has 43 heavy (non-hydrogen) atoms. The van der Waals surface area contributed by atoms with E-state index in [9.17, 15) is 4.79 Å². The molecule has 1 spiro atoms. The number of benzene rings is 1. The molecule has 1 aromatic carbocycles. The van der Waals surface area contributed by atoms with E-state index in [1.54, 1.807) is 12.4 Å². The molecule has 3 aromatic rings. The minimum Gasteiger partial charge on any atom is -0.380 e. The van der Waals surface area contributed by atoms with Crippen LogP contribution in [0, 0.1) is 5.41 Å². The molecule has 1 saturated carbocycles. The molecule has 4 fully saturated rings. The number of amides is 1. The minimum atomic E-state index is -0.633. The van der Waals surface area contributed by atoms with Gasteiger partial charge in [-0.15, -0.1) is 0 Å². The number of anilines is 4. The molecule has 1 aliphatic carbocycles. The average Bonchev–Trinajstić information content (AvgIpc) is 2.99. The van der Waals surface area contributed by atoms with Crippen molar-refractivity contribution in [1.29, 1.82) is 0 Å². The van der Waals surface area contributed by atoms with E-state index < -0.39 is 5.91 Å². The number of nitrogens with one attached hydrogen (secondary N) is 2. The number of likely N-dealkylation sites (N-methyl/N-ethyl adjacent to an activating group) is 1. The third-order valence-electron chi connectivity index (χ3n) is 9.61. The van der Waals surface area contributed by atoms with Gasteiger partial charge in [-0.1, -0.05) is 0 Å². The summed E-state index contributed by atoms with van der Waals surface area (Å²) in [4.78, 5) is 33.9. The molecule has 11 nitrogen and oxygen atoms in total. The molecule has 3 saturated heterocycles. The number of piperazine rings is 1. The SMILES string of the molecule is CN1CCN(C2CCN(c3ccc(Nc4nc(NC5CC6(COC6)C5)c(-c5ccncc5)nc4C(N)=O)cc3)CC2)CC1. The number of hydrogen-bond donors (Lipinski definition) is 3. The van der Waals surface area contributed by atoms with E-state index in [2.05, 4.69) is 49.5 Å². The molecule has 0 bridgehead atoms. The Bertz CT molecular complexity index is 1420. The van der Waals surface area contributed by atoms with Crippen molar-refractivity contribution in [2.45, 2.75) is 37.8 Å². The van der Waals surface area contributed by atoms with Crippen LogP contribution in [0.5, 0.6) is 0 Å². The number of nitrogens with two attached hydrogens (primary N) is 1. The highest BCUT2D eigenvalue weighted by molar-refractivity contribution is 5.97. The number of carbonyl (C=O) groups excluding carboxylic acids is 1. The van der Waals surface area contributed by atoms with Gasteiger partial charge in [0, 0.05) is 86.1 Å². The number of hydrogen-bond acceptors (Lipinski definition) is 10. The summed E-state index contributed by atoms with van der Waals surface area (Å²) in [6, 6.07) is 13.0. The first kappa shape index (κ1) is 28.0. The van der Waals surface area contributed by atoms with E-state index >= 15 is 0 Å². The Hall–Kier alpha value is -3.80. The summed E-state index contributed by atoms with van der Waals surface area (Å²) in [5, 5.41) is 6.92. The van der Waals surface area contributed by atoms with Gasteiger partial charge >= 0.3 is 0 Å². The van der Waals surface area contributed by atoms with Crippen molar-refractivity contribution in [1.82, 2.24) is 24.8 Å². The zero-order valence-corrected chi connectivity index (χ0v) is 24.8. The number of carbonyl (C=O) groups is 1. The van der Waals surface area contributed by atoms with Crippen molar-refractivity contribution in [3.63, 3.8) is 0 Å². The maximum atomic E-state index is 12.6. The largest absolute Gasteiger partial charge is 0.380 e. The first-order valence-corrected chi connectivity index (χ1v) is 15.5. The molecule has 11 heteroatoms. The van der Waals surface area contributed by atoms with Crippen molar-refractivity contribution in [2.75, 3.05) is 75.1 Å². The van der Waals surface area contributed by atoms with Crippen LogP contribution in [-0.4, -0.2) is 102 Å². The van der Waals surface area contributed by atoms with Crippen LogP contribution >= 0.6 is 0 Å². The van der Waals surface area contributed by atoms with Gasteiger partial charge in [0.2, 0.25) is 0 Å². The standard InChI is InChI=1S/C32H41N9O2/c1-39-14-16-41(17-15-39)26-8-12-40(13-9-26)25-4-2-23(3-5-25)35-31-28(29(33)42)37-27(22-6-10-34-11-7-22)30(38-31)36-24-18-32(19-24)20-43-21-32/h2-7,10-11,24,26H,8-9,12-21H2,1H3,(H2,33,42)(H2,35,36,38). The predicted molar refractivity (Wildman–Crippen MR) is 168 cm³/mol. The Labute approximate surface area is 252 Å². The Morgan fingerprint density at radius 1 is 0.930 bits per heavy atom. The van der Waals surface area contributed by atoms with Crippen LogP contribution in [0.1, 0.15) is 36.2 Å². The number of aromatic nitrogens is 3. The third kappa shape index (κ3) is 5.89. The maximum Gasteiger partial charge on any atom is 0.271 e. The molecule has 3 aliphatic heterocycles. The van der Waals surface area contributed by atoms with Gasteiger partial charge in [0.25, 0.3) is 5.91 Å². The van der Waals surface area contributed by atoms with Crippen LogP contribution in [0.25, 0.3) is 11.3 Å². The lowest BCUT2D eigenvalue weighted by atomic mass is 9.64. The summed E-state index contributed by atoms with van der Waals surface area (Å²) < 4.78 is 5.45. The second-order valence-corrected chi connectivity index (χ2v) is 12.7. The number of rotatable bonds is 8. The maximum absolute atomic E-state index is 12.6. The van der Waals surface area contributed by atoms with Crippen LogP contribution in [0.2, 0.25) is 0 Å². The monoisotopic (exact) mass is 583 g/mol. The van der Waals surface area contributed by atoms with E-state index in [4.69, 9.17) is 20.4 Å². The lowest BCUT2D eigenvalue weighted by Crippen LogP contribution is -2.56. The van der Waals surface area contributed by atoms with Gasteiger partial charge in [-0.3, -0.25) is 14.7 Å². The van der Waals surface area contributed by atoms with Crippen molar-refractivity contribution in [2.24, 2.45) is 11.1 Å². The molecule has 0 radical (unpaired) electrons. The second kappa shape index (κ2) is 11.7. The normalized spacial score (nSPS) is 21.3. The van der Waals surface area contributed by atoms with Crippen molar-refractivity contribution >= 4 is 28.9 Å². The fourth-order valence-corrected chi connectivity index (χ4v) is 6.98. The first-order valence-electron chi connectivity index (χ1n) is 15.5. The number of piperidine rings is 1. The molecule has 4 aliphatic rings. The summed E-state index contributed by atoms with van der Waals surface area (Å²) in [6.45, 7) is 8.44. The highest BCUT2D eigenvalue weighted by Crippen LogP contribution is 2.48. The van der Waals surface area contributed by atoms with Gasteiger partial charge in [0.1, 0.15) is 5.69 Å². The summed E-state index contributed by atoms with van der Waals surface area (Å²) in [5.41, 5.74) is 9.66.